The summed E-state index contributed by atoms with van der Waals surface area (Å²) in [6, 6.07) is 3.89. The van der Waals surface area contributed by atoms with E-state index in [1.165, 1.54) is 19.2 Å². The summed E-state index contributed by atoms with van der Waals surface area (Å²) in [5.41, 5.74) is 0.0382. The number of nitro groups is 1. The van der Waals surface area contributed by atoms with Crippen LogP contribution in [0.4, 0.5) is 11.4 Å². The Morgan fingerprint density at radius 3 is 2.70 bits per heavy atom. The van der Waals surface area contributed by atoms with E-state index >= 15 is 0 Å². The van der Waals surface area contributed by atoms with Crippen molar-refractivity contribution >= 4 is 23.3 Å². The van der Waals surface area contributed by atoms with E-state index in [-0.39, 0.29) is 16.9 Å². The predicted octanol–water partition coefficient (Wildman–Crippen LogP) is 0.946. The third-order valence-electron chi connectivity index (χ3n) is 2.88. The quantitative estimate of drug-likeness (QED) is 0.300. The molecule has 0 saturated heterocycles. The van der Waals surface area contributed by atoms with Crippen LogP contribution in [-0.4, -0.2) is 50.7 Å². The number of nitrogens with zero attached hydrogens (tertiary/aromatic N) is 1. The first kappa shape index (κ1) is 18.4. The van der Waals surface area contributed by atoms with Gasteiger partial charge in [0.25, 0.3) is 11.6 Å². The number of nitro benzene ring substituents is 1. The fraction of sp³-hybridized carbons (Fsp3) is 0.429. The fourth-order valence-electron chi connectivity index (χ4n) is 1.73. The van der Waals surface area contributed by atoms with Gasteiger partial charge >= 0.3 is 5.97 Å². The Hall–Kier alpha value is -2.68. The minimum absolute atomic E-state index is 0.00267. The summed E-state index contributed by atoms with van der Waals surface area (Å²) >= 11 is 0. The Kier molecular flexibility index (Phi) is 7.48. The lowest BCUT2D eigenvalue weighted by Gasteiger charge is -2.07. The number of benzene rings is 1. The van der Waals surface area contributed by atoms with E-state index in [1.807, 2.05) is 0 Å². The molecule has 1 amide bonds. The van der Waals surface area contributed by atoms with Gasteiger partial charge in [-0.15, -0.1) is 0 Å². The Labute approximate surface area is 133 Å². The number of esters is 1. The van der Waals surface area contributed by atoms with Crippen molar-refractivity contribution in [1.29, 1.82) is 0 Å². The van der Waals surface area contributed by atoms with Crippen molar-refractivity contribution in [1.82, 2.24) is 5.32 Å². The number of carbonyl (C=O) groups is 2. The van der Waals surface area contributed by atoms with Gasteiger partial charge in [0.1, 0.15) is 5.69 Å². The molecule has 0 aromatic heterocycles. The Morgan fingerprint density at radius 2 is 2.09 bits per heavy atom. The minimum Gasteiger partial charge on any atom is -0.452 e. The lowest BCUT2D eigenvalue weighted by atomic mass is 10.1. The van der Waals surface area contributed by atoms with Crippen molar-refractivity contribution in [3.05, 3.63) is 33.9 Å². The van der Waals surface area contributed by atoms with E-state index in [9.17, 15) is 19.7 Å². The number of anilines is 1. The first-order valence-corrected chi connectivity index (χ1v) is 6.88. The van der Waals surface area contributed by atoms with Crippen molar-refractivity contribution < 1.29 is 24.0 Å². The number of ether oxygens (including phenoxy) is 2. The van der Waals surface area contributed by atoms with Crippen LogP contribution in [0.25, 0.3) is 0 Å². The summed E-state index contributed by atoms with van der Waals surface area (Å²) in [6.07, 6.45) is 0.647. The van der Waals surface area contributed by atoms with Crippen molar-refractivity contribution in [2.45, 2.75) is 6.42 Å². The smallest absolute Gasteiger partial charge is 0.338 e. The number of nitrogens with one attached hydrogen (secondary N) is 2. The highest BCUT2D eigenvalue weighted by Gasteiger charge is 2.18. The summed E-state index contributed by atoms with van der Waals surface area (Å²) in [4.78, 5) is 33.6. The van der Waals surface area contributed by atoms with Crippen LogP contribution >= 0.6 is 0 Å². The first-order valence-electron chi connectivity index (χ1n) is 6.88. The molecular formula is C14H19N3O6. The molecule has 9 heteroatoms. The fourth-order valence-corrected chi connectivity index (χ4v) is 1.73. The second-order valence-electron chi connectivity index (χ2n) is 4.51. The molecule has 0 bridgehead atoms. The molecule has 0 spiro atoms. The number of carbonyl (C=O) groups excluding carboxylic acids is 2. The van der Waals surface area contributed by atoms with Crippen LogP contribution in [0.15, 0.2) is 18.2 Å². The van der Waals surface area contributed by atoms with Gasteiger partial charge in [0.15, 0.2) is 6.61 Å². The molecule has 1 aromatic carbocycles. The van der Waals surface area contributed by atoms with Crippen molar-refractivity contribution in [2.24, 2.45) is 0 Å². The second-order valence-corrected chi connectivity index (χ2v) is 4.51. The maximum absolute atomic E-state index is 11.8. The van der Waals surface area contributed by atoms with Gasteiger partial charge in [0.05, 0.1) is 10.5 Å². The Balaban J connectivity index is 2.56. The lowest BCUT2D eigenvalue weighted by molar-refractivity contribution is -0.384. The van der Waals surface area contributed by atoms with Gasteiger partial charge in [-0.2, -0.15) is 0 Å². The molecule has 126 valence electrons. The highest BCUT2D eigenvalue weighted by Crippen LogP contribution is 2.25. The van der Waals surface area contributed by atoms with Crippen molar-refractivity contribution in [3.8, 4) is 0 Å². The molecule has 0 atom stereocenters. The molecule has 0 radical (unpaired) electrons. The van der Waals surface area contributed by atoms with Crippen LogP contribution in [0, 0.1) is 10.1 Å². The zero-order valence-corrected chi connectivity index (χ0v) is 13.0. The van der Waals surface area contributed by atoms with E-state index in [0.29, 0.717) is 19.6 Å². The number of hydrogen-bond acceptors (Lipinski definition) is 7. The van der Waals surface area contributed by atoms with Crippen LogP contribution in [0.3, 0.4) is 0 Å². The molecule has 1 aromatic rings. The normalized spacial score (nSPS) is 10.0. The minimum atomic E-state index is -0.803. The summed E-state index contributed by atoms with van der Waals surface area (Å²) < 4.78 is 9.66. The SMILES string of the molecule is CNc1ccc(C(=O)OCC(=O)NCCCOC)cc1[N+](=O)[O-]. The van der Waals surface area contributed by atoms with E-state index in [1.54, 1.807) is 7.11 Å². The number of amides is 1. The molecule has 9 nitrogen and oxygen atoms in total. The zero-order valence-electron chi connectivity index (χ0n) is 13.0. The summed E-state index contributed by atoms with van der Waals surface area (Å²) in [6.45, 7) is 0.474. The molecule has 0 saturated carbocycles. The Bertz CT molecular complexity index is 576. The van der Waals surface area contributed by atoms with Crippen LogP contribution < -0.4 is 10.6 Å². The van der Waals surface area contributed by atoms with Gasteiger partial charge in [0.2, 0.25) is 0 Å². The molecule has 2 N–H and O–H groups in total. The summed E-state index contributed by atoms with van der Waals surface area (Å²) in [5.74, 6) is -1.25. The predicted molar refractivity (Wildman–Crippen MR) is 82.4 cm³/mol. The molecule has 0 aliphatic rings. The topological polar surface area (TPSA) is 120 Å². The van der Waals surface area contributed by atoms with E-state index in [2.05, 4.69) is 10.6 Å². The number of hydrogen-bond donors (Lipinski definition) is 2. The average Bonchev–Trinajstić information content (AvgIpc) is 2.55. The van der Waals surface area contributed by atoms with Gasteiger partial charge in [-0.3, -0.25) is 14.9 Å². The highest BCUT2D eigenvalue weighted by molar-refractivity contribution is 5.93. The molecule has 1 rings (SSSR count). The van der Waals surface area contributed by atoms with E-state index in [4.69, 9.17) is 9.47 Å². The third kappa shape index (κ3) is 5.91. The van der Waals surface area contributed by atoms with Gasteiger partial charge in [-0.25, -0.2) is 4.79 Å². The molecule has 0 aliphatic carbocycles. The van der Waals surface area contributed by atoms with Crippen LogP contribution in [0.5, 0.6) is 0 Å². The monoisotopic (exact) mass is 325 g/mol. The van der Waals surface area contributed by atoms with Crippen molar-refractivity contribution in [2.75, 3.05) is 39.2 Å². The maximum Gasteiger partial charge on any atom is 0.338 e. The van der Waals surface area contributed by atoms with Crippen LogP contribution in [0.1, 0.15) is 16.8 Å². The van der Waals surface area contributed by atoms with Gasteiger partial charge < -0.3 is 20.1 Å². The van der Waals surface area contributed by atoms with Crippen molar-refractivity contribution in [3.63, 3.8) is 0 Å². The van der Waals surface area contributed by atoms with Gasteiger partial charge in [-0.05, 0) is 18.6 Å². The van der Waals surface area contributed by atoms with Gasteiger partial charge in [0, 0.05) is 33.4 Å². The van der Waals surface area contributed by atoms with E-state index < -0.39 is 23.4 Å². The van der Waals surface area contributed by atoms with Crippen LogP contribution in [-0.2, 0) is 14.3 Å². The largest absolute Gasteiger partial charge is 0.452 e. The zero-order chi connectivity index (χ0) is 17.2. The van der Waals surface area contributed by atoms with Gasteiger partial charge in [-0.1, -0.05) is 0 Å². The highest BCUT2D eigenvalue weighted by atomic mass is 16.6. The lowest BCUT2D eigenvalue weighted by Crippen LogP contribution is -2.30. The molecule has 23 heavy (non-hydrogen) atoms. The third-order valence-corrected chi connectivity index (χ3v) is 2.88. The molecule has 0 unspecified atom stereocenters. The summed E-state index contributed by atoms with van der Waals surface area (Å²) in [7, 11) is 3.09. The van der Waals surface area contributed by atoms with E-state index in [0.717, 1.165) is 6.07 Å². The molecule has 0 heterocycles. The second kappa shape index (κ2) is 9.36. The summed E-state index contributed by atoms with van der Waals surface area (Å²) in [5, 5.41) is 16.1. The standard InChI is InChI=1S/C14H19N3O6/c1-15-11-5-4-10(8-12(11)17(20)21)14(19)23-9-13(18)16-6-3-7-22-2/h4-5,8,15H,3,6-7,9H2,1-2H3,(H,16,18). The molecule has 0 aliphatic heterocycles. The number of methoxy groups -OCH3 is 1. The Morgan fingerprint density at radius 1 is 1.35 bits per heavy atom. The molecule has 0 fully saturated rings. The molecular weight excluding hydrogens is 306 g/mol. The number of rotatable bonds is 9. The first-order chi connectivity index (χ1) is 11.0. The maximum atomic E-state index is 11.8. The van der Waals surface area contributed by atoms with Crippen LogP contribution in [0.2, 0.25) is 0 Å². The average molecular weight is 325 g/mol.